The lowest BCUT2D eigenvalue weighted by atomic mass is 10.1. The molecule has 4 nitrogen and oxygen atoms in total. The molecule has 1 fully saturated rings. The van der Waals surface area contributed by atoms with E-state index in [0.29, 0.717) is 11.8 Å². The fourth-order valence-corrected chi connectivity index (χ4v) is 5.45. The van der Waals surface area contributed by atoms with Crippen LogP contribution < -0.4 is 10.2 Å². The second-order valence-electron chi connectivity index (χ2n) is 5.42. The van der Waals surface area contributed by atoms with E-state index < -0.39 is 15.2 Å². The van der Waals surface area contributed by atoms with Gasteiger partial charge in [0.2, 0.25) is 0 Å². The number of anilines is 1. The Labute approximate surface area is 132 Å². The van der Waals surface area contributed by atoms with E-state index in [1.54, 1.807) is 11.8 Å². The third-order valence-electron chi connectivity index (χ3n) is 3.81. The van der Waals surface area contributed by atoms with E-state index in [1.807, 2.05) is 17.0 Å². The molecule has 0 radical (unpaired) electrons. The van der Waals surface area contributed by atoms with Crippen LogP contribution in [0.4, 0.5) is 5.69 Å². The van der Waals surface area contributed by atoms with Gasteiger partial charge in [0.05, 0.1) is 0 Å². The Morgan fingerprint density at radius 2 is 2.05 bits per heavy atom. The number of sulfone groups is 1. The Morgan fingerprint density at radius 1 is 1.38 bits per heavy atom. The predicted octanol–water partition coefficient (Wildman–Crippen LogP) is 2.28. The number of hydrogen-bond acceptors (Lipinski definition) is 5. The van der Waals surface area contributed by atoms with Crippen LogP contribution in [0.3, 0.4) is 0 Å². The van der Waals surface area contributed by atoms with Gasteiger partial charge in [0, 0.05) is 36.0 Å². The van der Waals surface area contributed by atoms with Crippen molar-refractivity contribution in [3.05, 3.63) is 29.8 Å². The fourth-order valence-electron chi connectivity index (χ4n) is 2.61. The molecule has 0 saturated carbocycles. The van der Waals surface area contributed by atoms with Crippen molar-refractivity contribution in [2.45, 2.75) is 25.3 Å². The van der Waals surface area contributed by atoms with Crippen LogP contribution in [-0.4, -0.2) is 44.6 Å². The van der Waals surface area contributed by atoms with Crippen LogP contribution in [0, 0.1) is 0 Å². The number of nitrogens with zero attached hydrogens (tertiary/aromatic N) is 1. The lowest BCUT2D eigenvalue weighted by molar-refractivity contribution is 0.584. The highest BCUT2D eigenvalue weighted by Gasteiger charge is 2.31. The minimum Gasteiger partial charge on any atom is -0.353 e. The maximum Gasteiger partial charge on any atom is 0.169 e. The van der Waals surface area contributed by atoms with Crippen LogP contribution in [0.2, 0.25) is 0 Å². The molecule has 118 valence electrons. The zero-order valence-corrected chi connectivity index (χ0v) is 14.5. The number of benzene rings is 1. The predicted molar refractivity (Wildman–Crippen MR) is 91.8 cm³/mol. The summed E-state index contributed by atoms with van der Waals surface area (Å²) in [7, 11) is -3.07. The second kappa shape index (κ2) is 7.03. The molecule has 1 aromatic rings. The summed E-state index contributed by atoms with van der Waals surface area (Å²) >= 11 is 1.71. The van der Waals surface area contributed by atoms with Crippen molar-refractivity contribution in [1.82, 2.24) is 5.32 Å². The average Bonchev–Trinajstić information content (AvgIpc) is 2.47. The van der Waals surface area contributed by atoms with Crippen molar-refractivity contribution in [2.75, 3.05) is 35.8 Å². The summed E-state index contributed by atoms with van der Waals surface area (Å²) in [4.78, 5) is 2.02. The van der Waals surface area contributed by atoms with Gasteiger partial charge in [-0.3, -0.25) is 0 Å². The molecule has 0 aliphatic carbocycles. The smallest absolute Gasteiger partial charge is 0.169 e. The van der Waals surface area contributed by atoms with E-state index >= 15 is 0 Å². The Bertz CT molecular complexity index is 558. The largest absolute Gasteiger partial charge is 0.353 e. The van der Waals surface area contributed by atoms with Crippen molar-refractivity contribution in [3.8, 4) is 0 Å². The minimum absolute atomic E-state index is 0.312. The molecule has 2 atom stereocenters. The van der Waals surface area contributed by atoms with Gasteiger partial charge in [-0.2, -0.15) is 11.8 Å². The molecule has 1 aliphatic rings. The van der Waals surface area contributed by atoms with Crippen LogP contribution in [0.1, 0.15) is 25.5 Å². The zero-order valence-electron chi connectivity index (χ0n) is 12.9. The molecule has 1 aromatic carbocycles. The van der Waals surface area contributed by atoms with Crippen molar-refractivity contribution in [1.29, 1.82) is 0 Å². The lowest BCUT2D eigenvalue weighted by Crippen LogP contribution is -2.47. The van der Waals surface area contributed by atoms with Crippen LogP contribution >= 0.6 is 11.8 Å². The number of nitrogens with one attached hydrogen (secondary N) is 1. The normalized spacial score (nSPS) is 21.3. The summed E-state index contributed by atoms with van der Waals surface area (Å²) in [5.41, 5.74) is 2.22. The van der Waals surface area contributed by atoms with Crippen molar-refractivity contribution in [2.24, 2.45) is 0 Å². The third-order valence-corrected chi connectivity index (χ3v) is 6.46. The molecule has 2 unspecified atom stereocenters. The highest BCUT2D eigenvalue weighted by molar-refractivity contribution is 8.01. The van der Waals surface area contributed by atoms with E-state index in [-0.39, 0.29) is 0 Å². The second-order valence-corrected chi connectivity index (χ2v) is 8.78. The quantitative estimate of drug-likeness (QED) is 0.899. The topological polar surface area (TPSA) is 49.4 Å². The first-order chi connectivity index (χ1) is 9.93. The summed E-state index contributed by atoms with van der Waals surface area (Å²) in [6.07, 6.45) is 1.33. The maximum absolute atomic E-state index is 12.0. The molecular weight excluding hydrogens is 304 g/mol. The Morgan fingerprint density at radius 3 is 2.62 bits per heavy atom. The van der Waals surface area contributed by atoms with Gasteiger partial charge in [-0.25, -0.2) is 8.42 Å². The number of thioether (sulfide) groups is 1. The summed E-state index contributed by atoms with van der Waals surface area (Å²) in [6, 6.07) is 8.56. The van der Waals surface area contributed by atoms with Crippen molar-refractivity contribution in [3.63, 3.8) is 0 Å². The summed E-state index contributed by atoms with van der Waals surface area (Å²) in [6.45, 7) is 5.94. The Balaban J connectivity index is 2.20. The number of hydrogen-bond donors (Lipinski definition) is 1. The van der Waals surface area contributed by atoms with Gasteiger partial charge in [-0.15, -0.1) is 0 Å². The Hall–Kier alpha value is -0.720. The van der Waals surface area contributed by atoms with Gasteiger partial charge < -0.3 is 10.2 Å². The molecule has 6 heteroatoms. The summed E-state index contributed by atoms with van der Waals surface area (Å²) in [5, 5.41) is 2.97. The Kier molecular flexibility index (Phi) is 5.57. The first-order valence-electron chi connectivity index (χ1n) is 7.30. The minimum atomic E-state index is -3.07. The fraction of sp³-hybridized carbons (Fsp3) is 0.600. The van der Waals surface area contributed by atoms with Gasteiger partial charge in [0.25, 0.3) is 0 Å². The van der Waals surface area contributed by atoms with Gasteiger partial charge in [0.1, 0.15) is 5.37 Å². The summed E-state index contributed by atoms with van der Waals surface area (Å²) < 4.78 is 23.9. The first-order valence-corrected chi connectivity index (χ1v) is 10.4. The lowest BCUT2D eigenvalue weighted by Gasteiger charge is -2.36. The zero-order chi connectivity index (χ0) is 15.5. The van der Waals surface area contributed by atoms with Crippen LogP contribution in [0.15, 0.2) is 24.3 Å². The van der Waals surface area contributed by atoms with E-state index in [4.69, 9.17) is 0 Å². The van der Waals surface area contributed by atoms with Gasteiger partial charge >= 0.3 is 0 Å². The monoisotopic (exact) mass is 328 g/mol. The average molecular weight is 329 g/mol. The highest BCUT2D eigenvalue weighted by atomic mass is 32.2. The molecule has 1 N–H and O–H groups in total. The molecule has 0 spiro atoms. The molecule has 21 heavy (non-hydrogen) atoms. The number of rotatable bonds is 5. The van der Waals surface area contributed by atoms with E-state index in [9.17, 15) is 8.42 Å². The first kappa shape index (κ1) is 16.6. The van der Waals surface area contributed by atoms with Crippen LogP contribution in [0.25, 0.3) is 0 Å². The van der Waals surface area contributed by atoms with Gasteiger partial charge in [-0.1, -0.05) is 19.1 Å². The van der Waals surface area contributed by atoms with Gasteiger partial charge in [-0.05, 0) is 31.2 Å². The van der Waals surface area contributed by atoms with E-state index in [1.165, 1.54) is 11.8 Å². The van der Waals surface area contributed by atoms with E-state index in [0.717, 1.165) is 24.5 Å². The van der Waals surface area contributed by atoms with Crippen molar-refractivity contribution >= 4 is 27.3 Å². The molecule has 0 aromatic heterocycles. The van der Waals surface area contributed by atoms with Crippen LogP contribution in [0.5, 0.6) is 0 Å². The molecule has 1 saturated heterocycles. The highest BCUT2D eigenvalue weighted by Crippen LogP contribution is 2.27. The molecule has 2 rings (SSSR count). The molecule has 1 aliphatic heterocycles. The molecule has 0 bridgehead atoms. The molecule has 0 amide bonds. The molecular formula is C15H24N2O2S2. The third kappa shape index (κ3) is 4.14. The van der Waals surface area contributed by atoms with Crippen LogP contribution in [-0.2, 0) is 9.84 Å². The van der Waals surface area contributed by atoms with Gasteiger partial charge in [0.15, 0.2) is 9.84 Å². The standard InChI is InChI=1S/C15H24N2O2S2/c1-4-16-12(2)13-5-7-14(8-6-13)17-9-10-20-11-15(17)21(3,18)19/h5-8,12,15-16H,4,9-11H2,1-3H3. The SMILES string of the molecule is CCNC(C)c1ccc(N2CCSCC2S(C)(=O)=O)cc1. The maximum atomic E-state index is 12.0. The van der Waals surface area contributed by atoms with E-state index in [2.05, 4.69) is 31.3 Å². The molecule has 1 heterocycles. The summed E-state index contributed by atoms with van der Waals surface area (Å²) in [5.74, 6) is 1.62. The van der Waals surface area contributed by atoms with Crippen molar-refractivity contribution < 1.29 is 8.42 Å².